The third kappa shape index (κ3) is 4.29. The molecule has 2 aliphatic heterocycles. The van der Waals surface area contributed by atoms with Gasteiger partial charge in [0.25, 0.3) is 11.5 Å². The van der Waals surface area contributed by atoms with Crippen molar-refractivity contribution < 1.29 is 4.79 Å². The van der Waals surface area contributed by atoms with Crippen molar-refractivity contribution in [1.82, 2.24) is 14.4 Å². The van der Waals surface area contributed by atoms with Crippen LogP contribution in [0.3, 0.4) is 0 Å². The number of carbonyl (C=O) groups is 1. The van der Waals surface area contributed by atoms with Crippen molar-refractivity contribution in [2.45, 2.75) is 19.9 Å². The number of piperazine rings is 1. The van der Waals surface area contributed by atoms with E-state index < -0.39 is 0 Å². The van der Waals surface area contributed by atoms with Gasteiger partial charge in [-0.2, -0.15) is 5.26 Å². The molecule has 3 heterocycles. The van der Waals surface area contributed by atoms with Crippen molar-refractivity contribution >= 4 is 46.1 Å². The minimum Gasteiger partial charge on any atom is -0.355 e. The van der Waals surface area contributed by atoms with Gasteiger partial charge in [-0.05, 0) is 38.1 Å². The Kier molecular flexibility index (Phi) is 6.94. The molecule has 1 amide bonds. The lowest BCUT2D eigenvalue weighted by molar-refractivity contribution is -0.123. The predicted octanol–water partition coefficient (Wildman–Crippen LogP) is 3.28. The molecule has 0 saturated carbocycles. The topological polar surface area (TPSA) is 72.6 Å². The molecule has 176 valence electrons. The maximum atomic E-state index is 13.5. The number of aromatic nitrogens is 1. The number of likely N-dealkylation sites (N-methyl/N-ethyl adjacent to an activating group) is 1. The first-order valence-corrected chi connectivity index (χ1v) is 12.4. The lowest BCUT2D eigenvalue weighted by Crippen LogP contribution is -2.46. The molecule has 4 rings (SSSR count). The third-order valence-corrected chi connectivity index (χ3v) is 7.87. The van der Waals surface area contributed by atoms with E-state index in [0.717, 1.165) is 43.1 Å². The summed E-state index contributed by atoms with van der Waals surface area (Å²) < 4.78 is 2.03. The molecule has 7 nitrogen and oxygen atoms in total. The summed E-state index contributed by atoms with van der Waals surface area (Å²) in [6.07, 6.45) is 1.81. The quantitative estimate of drug-likeness (QED) is 0.478. The van der Waals surface area contributed by atoms with Crippen molar-refractivity contribution in [2.75, 3.05) is 38.1 Å². The molecular formula is C25H27N5O2S2. The summed E-state index contributed by atoms with van der Waals surface area (Å²) in [5.41, 5.74) is 2.08. The van der Waals surface area contributed by atoms with Gasteiger partial charge in [-0.15, -0.1) is 0 Å². The van der Waals surface area contributed by atoms with Crippen LogP contribution < -0.4 is 10.5 Å². The van der Waals surface area contributed by atoms with Gasteiger partial charge in [0.2, 0.25) is 0 Å². The molecule has 1 atom stereocenters. The average Bonchev–Trinajstić information content (AvgIpc) is 3.11. The predicted molar refractivity (Wildman–Crippen MR) is 141 cm³/mol. The highest BCUT2D eigenvalue weighted by atomic mass is 32.2. The molecule has 0 N–H and O–H groups in total. The fourth-order valence-electron chi connectivity index (χ4n) is 4.44. The first kappa shape index (κ1) is 24.2. The first-order valence-electron chi connectivity index (χ1n) is 11.1. The smallest absolute Gasteiger partial charge is 0.270 e. The van der Waals surface area contributed by atoms with Crippen molar-refractivity contribution in [3.8, 4) is 6.07 Å². The largest absolute Gasteiger partial charge is 0.355 e. The van der Waals surface area contributed by atoms with Gasteiger partial charge in [0.15, 0.2) is 0 Å². The Bertz CT molecular complexity index is 1270. The van der Waals surface area contributed by atoms with Crippen LogP contribution in [0.15, 0.2) is 40.0 Å². The molecule has 2 fully saturated rings. The number of thiocarbonyl (C=S) groups is 1. The molecule has 1 unspecified atom stereocenters. The molecule has 1 aromatic heterocycles. The first-order chi connectivity index (χ1) is 16.2. The fourth-order valence-corrected chi connectivity index (χ4v) is 5.84. The van der Waals surface area contributed by atoms with E-state index >= 15 is 0 Å². The molecule has 34 heavy (non-hydrogen) atoms. The number of rotatable bonds is 4. The van der Waals surface area contributed by atoms with E-state index in [1.807, 2.05) is 37.3 Å². The maximum absolute atomic E-state index is 13.5. The minimum atomic E-state index is -0.323. The molecule has 2 aromatic rings. The number of amides is 1. The van der Waals surface area contributed by atoms with Gasteiger partial charge in [-0.1, -0.05) is 54.3 Å². The zero-order valence-corrected chi connectivity index (χ0v) is 21.4. The van der Waals surface area contributed by atoms with Crippen molar-refractivity contribution in [1.29, 1.82) is 5.26 Å². The lowest BCUT2D eigenvalue weighted by atomic mass is 10.0. The second kappa shape index (κ2) is 9.74. The van der Waals surface area contributed by atoms with Gasteiger partial charge in [-0.3, -0.25) is 19.1 Å². The van der Waals surface area contributed by atoms with Crippen molar-refractivity contribution in [3.05, 3.63) is 67.8 Å². The highest BCUT2D eigenvalue weighted by Gasteiger charge is 2.36. The summed E-state index contributed by atoms with van der Waals surface area (Å²) in [4.78, 5) is 32.9. The maximum Gasteiger partial charge on any atom is 0.270 e. The van der Waals surface area contributed by atoms with Crippen LogP contribution >= 0.6 is 24.0 Å². The Hall–Kier alpha value is -2.93. The molecule has 2 saturated heterocycles. The second-order valence-corrected chi connectivity index (χ2v) is 10.3. The van der Waals surface area contributed by atoms with E-state index in [2.05, 4.69) is 22.9 Å². The van der Waals surface area contributed by atoms with Gasteiger partial charge in [0.05, 0.1) is 10.9 Å². The van der Waals surface area contributed by atoms with Gasteiger partial charge in [-0.25, -0.2) is 0 Å². The summed E-state index contributed by atoms with van der Waals surface area (Å²) in [5, 5.41) is 9.67. The fraction of sp³-hybridized carbons (Fsp3) is 0.360. The summed E-state index contributed by atoms with van der Waals surface area (Å²) in [6.45, 7) is 6.97. The van der Waals surface area contributed by atoms with Crippen molar-refractivity contribution in [2.24, 2.45) is 7.05 Å². The van der Waals surface area contributed by atoms with E-state index in [9.17, 15) is 14.9 Å². The number of benzene rings is 1. The molecule has 9 heteroatoms. The van der Waals surface area contributed by atoms with E-state index in [0.29, 0.717) is 14.8 Å². The van der Waals surface area contributed by atoms with Crippen LogP contribution in [0.4, 0.5) is 5.82 Å². The second-order valence-electron chi connectivity index (χ2n) is 8.64. The van der Waals surface area contributed by atoms with Crippen LogP contribution in [0.5, 0.6) is 0 Å². The standard InChI is InChI=1S/C25H27N5O2S2/c1-16-19(22(28(4)23(31)20(16)15-26)29-12-10-27(3)11-13-29)14-21-24(32)30(25(33)34-21)17(2)18-8-6-5-7-9-18/h5-9,14,17H,10-13H2,1-4H3. The minimum absolute atomic E-state index is 0.0970. The van der Waals surface area contributed by atoms with Crippen LogP contribution in [-0.4, -0.2) is 57.8 Å². The highest BCUT2D eigenvalue weighted by molar-refractivity contribution is 8.26. The number of carbonyl (C=O) groups excluding carboxylic acids is 1. The molecule has 1 aromatic carbocycles. The van der Waals surface area contributed by atoms with E-state index in [1.165, 1.54) is 16.3 Å². The van der Waals surface area contributed by atoms with Crippen LogP contribution in [0.25, 0.3) is 6.08 Å². The van der Waals surface area contributed by atoms with E-state index in [4.69, 9.17) is 12.2 Å². The summed E-state index contributed by atoms with van der Waals surface area (Å²) in [5.74, 6) is 0.568. The number of anilines is 1. The monoisotopic (exact) mass is 493 g/mol. The lowest BCUT2D eigenvalue weighted by Gasteiger charge is -2.36. The van der Waals surface area contributed by atoms with Gasteiger partial charge in [0, 0.05) is 38.8 Å². The Morgan fingerprint density at radius 1 is 1.12 bits per heavy atom. The number of nitrogens with zero attached hydrogens (tertiary/aromatic N) is 5. The Labute approximate surface area is 209 Å². The van der Waals surface area contributed by atoms with Crippen LogP contribution in [0.1, 0.15) is 35.2 Å². The highest BCUT2D eigenvalue weighted by Crippen LogP contribution is 2.39. The van der Waals surface area contributed by atoms with Crippen LogP contribution in [0.2, 0.25) is 0 Å². The molecule has 0 spiro atoms. The van der Waals surface area contributed by atoms with Gasteiger partial charge < -0.3 is 9.80 Å². The molecule has 0 bridgehead atoms. The van der Waals surface area contributed by atoms with Gasteiger partial charge >= 0.3 is 0 Å². The SMILES string of the molecule is Cc1c(C=C2SC(=S)N(C(C)c3ccccc3)C2=O)c(N2CCN(C)CC2)n(C)c(=O)c1C#N. The summed E-state index contributed by atoms with van der Waals surface area (Å²) in [6, 6.07) is 11.6. The number of hydrogen-bond donors (Lipinski definition) is 0. The molecule has 2 aliphatic rings. The normalized spacial score (nSPS) is 19.1. The number of hydrogen-bond acceptors (Lipinski definition) is 7. The Morgan fingerprint density at radius 3 is 2.38 bits per heavy atom. The average molecular weight is 494 g/mol. The van der Waals surface area contributed by atoms with E-state index in [-0.39, 0.29) is 23.1 Å². The molecular weight excluding hydrogens is 466 g/mol. The van der Waals surface area contributed by atoms with E-state index in [1.54, 1.807) is 24.9 Å². The number of pyridine rings is 1. The van der Waals surface area contributed by atoms with Gasteiger partial charge in [0.1, 0.15) is 21.8 Å². The van der Waals surface area contributed by atoms with Crippen molar-refractivity contribution in [3.63, 3.8) is 0 Å². The third-order valence-electron chi connectivity index (χ3n) is 6.54. The van der Waals surface area contributed by atoms with Crippen LogP contribution in [0, 0.1) is 18.3 Å². The molecule has 0 radical (unpaired) electrons. The number of nitriles is 1. The van der Waals surface area contributed by atoms with Crippen LogP contribution in [-0.2, 0) is 11.8 Å². The summed E-state index contributed by atoms with van der Waals surface area (Å²) >= 11 is 6.85. The Morgan fingerprint density at radius 2 is 1.76 bits per heavy atom. The Balaban J connectivity index is 1.80. The zero-order chi connectivity index (χ0) is 24.6. The zero-order valence-electron chi connectivity index (χ0n) is 19.7. The summed E-state index contributed by atoms with van der Waals surface area (Å²) in [7, 11) is 3.76. The number of thioether (sulfide) groups is 1. The molecule has 0 aliphatic carbocycles.